The van der Waals surface area contributed by atoms with Crippen LogP contribution in [0.3, 0.4) is 0 Å². The SMILES string of the molecule is COc1cccc(CC(=O)N[C@@H](Cn2ccnc2)c2ccccc2)c1. The lowest BCUT2D eigenvalue weighted by Gasteiger charge is -2.20. The summed E-state index contributed by atoms with van der Waals surface area (Å²) in [5.41, 5.74) is 1.99. The summed E-state index contributed by atoms with van der Waals surface area (Å²) in [7, 11) is 1.62. The highest BCUT2D eigenvalue weighted by Crippen LogP contribution is 2.17. The molecule has 128 valence electrons. The van der Waals surface area contributed by atoms with E-state index in [0.717, 1.165) is 16.9 Å². The Bertz CT molecular complexity index is 801. The number of hydrogen-bond acceptors (Lipinski definition) is 3. The number of carbonyl (C=O) groups excluding carboxylic acids is 1. The summed E-state index contributed by atoms with van der Waals surface area (Å²) in [6, 6.07) is 17.4. The van der Waals surface area contributed by atoms with Crippen molar-refractivity contribution in [3.63, 3.8) is 0 Å². The molecule has 0 unspecified atom stereocenters. The number of ether oxygens (including phenoxy) is 1. The predicted molar refractivity (Wildman–Crippen MR) is 96.3 cm³/mol. The van der Waals surface area contributed by atoms with Gasteiger partial charge in [0.25, 0.3) is 0 Å². The normalized spacial score (nSPS) is 11.7. The second-order valence-electron chi connectivity index (χ2n) is 5.82. The van der Waals surface area contributed by atoms with E-state index in [1.807, 2.05) is 65.4 Å². The molecule has 0 aliphatic carbocycles. The number of carbonyl (C=O) groups is 1. The van der Waals surface area contributed by atoms with Gasteiger partial charge >= 0.3 is 0 Å². The van der Waals surface area contributed by atoms with Crippen LogP contribution in [0, 0.1) is 0 Å². The average molecular weight is 335 g/mol. The molecule has 2 aromatic carbocycles. The van der Waals surface area contributed by atoms with Crippen LogP contribution in [0.4, 0.5) is 0 Å². The third-order valence-corrected chi connectivity index (χ3v) is 3.99. The van der Waals surface area contributed by atoms with Crippen LogP contribution < -0.4 is 10.1 Å². The lowest BCUT2D eigenvalue weighted by molar-refractivity contribution is -0.121. The molecular formula is C20H21N3O2. The Kier molecular flexibility index (Phi) is 5.46. The summed E-state index contributed by atoms with van der Waals surface area (Å²) in [4.78, 5) is 16.6. The van der Waals surface area contributed by atoms with Gasteiger partial charge in [-0.15, -0.1) is 0 Å². The minimum absolute atomic E-state index is 0.0257. The van der Waals surface area contributed by atoms with Crippen molar-refractivity contribution in [1.29, 1.82) is 0 Å². The van der Waals surface area contributed by atoms with E-state index in [4.69, 9.17) is 4.74 Å². The molecule has 1 atom stereocenters. The van der Waals surface area contributed by atoms with E-state index in [1.165, 1.54) is 0 Å². The molecule has 0 radical (unpaired) electrons. The quantitative estimate of drug-likeness (QED) is 0.722. The zero-order chi connectivity index (χ0) is 17.5. The molecule has 0 aliphatic rings. The Morgan fingerprint density at radius 2 is 2.04 bits per heavy atom. The van der Waals surface area contributed by atoms with Gasteiger partial charge in [-0.3, -0.25) is 4.79 Å². The Labute approximate surface area is 147 Å². The highest BCUT2D eigenvalue weighted by molar-refractivity contribution is 5.79. The maximum absolute atomic E-state index is 12.5. The standard InChI is InChI=1S/C20H21N3O2/c1-25-18-9-5-6-16(12-18)13-20(24)22-19(14-23-11-10-21-15-23)17-7-3-2-4-8-17/h2-12,15,19H,13-14H2,1H3,(H,22,24)/t19-/m0/s1. The van der Waals surface area contributed by atoms with Crippen LogP contribution >= 0.6 is 0 Å². The topological polar surface area (TPSA) is 56.1 Å². The monoisotopic (exact) mass is 335 g/mol. The first-order chi connectivity index (χ1) is 12.2. The molecule has 0 bridgehead atoms. The van der Waals surface area contributed by atoms with Gasteiger partial charge in [0.05, 0.1) is 25.9 Å². The summed E-state index contributed by atoms with van der Waals surface area (Å²) >= 11 is 0. The lowest BCUT2D eigenvalue weighted by Crippen LogP contribution is -2.32. The molecule has 0 saturated heterocycles. The van der Waals surface area contributed by atoms with Crippen LogP contribution in [-0.2, 0) is 17.8 Å². The molecule has 0 spiro atoms. The Morgan fingerprint density at radius 3 is 2.76 bits per heavy atom. The zero-order valence-electron chi connectivity index (χ0n) is 14.1. The predicted octanol–water partition coefficient (Wildman–Crippen LogP) is 2.99. The number of imidazole rings is 1. The average Bonchev–Trinajstić information content (AvgIpc) is 3.15. The first kappa shape index (κ1) is 16.8. The maximum Gasteiger partial charge on any atom is 0.224 e. The van der Waals surface area contributed by atoms with Crippen LogP contribution in [-0.4, -0.2) is 22.6 Å². The summed E-state index contributed by atoms with van der Waals surface area (Å²) in [6.07, 6.45) is 5.69. The number of rotatable bonds is 7. The summed E-state index contributed by atoms with van der Waals surface area (Å²) in [5.74, 6) is 0.727. The van der Waals surface area contributed by atoms with Crippen LogP contribution in [0.25, 0.3) is 0 Å². The van der Waals surface area contributed by atoms with E-state index < -0.39 is 0 Å². The molecule has 0 saturated carbocycles. The van der Waals surface area contributed by atoms with Gasteiger partial charge in [0.1, 0.15) is 5.75 Å². The smallest absolute Gasteiger partial charge is 0.224 e. The molecule has 1 amide bonds. The van der Waals surface area contributed by atoms with Gasteiger partial charge in [0, 0.05) is 18.9 Å². The highest BCUT2D eigenvalue weighted by Gasteiger charge is 2.15. The molecule has 1 aromatic heterocycles. The van der Waals surface area contributed by atoms with Crippen molar-refractivity contribution in [2.75, 3.05) is 7.11 Å². The van der Waals surface area contributed by atoms with Gasteiger partial charge in [-0.1, -0.05) is 42.5 Å². The van der Waals surface area contributed by atoms with Crippen LogP contribution in [0.5, 0.6) is 5.75 Å². The van der Waals surface area contributed by atoms with Gasteiger partial charge in [-0.05, 0) is 23.3 Å². The number of methoxy groups -OCH3 is 1. The number of amides is 1. The molecule has 5 heteroatoms. The van der Waals surface area contributed by atoms with Crippen LogP contribution in [0.2, 0.25) is 0 Å². The van der Waals surface area contributed by atoms with Crippen LogP contribution in [0.15, 0.2) is 73.3 Å². The summed E-state index contributed by atoms with van der Waals surface area (Å²) in [6.45, 7) is 0.633. The minimum atomic E-state index is -0.117. The van der Waals surface area contributed by atoms with E-state index in [-0.39, 0.29) is 11.9 Å². The van der Waals surface area contributed by atoms with Crippen molar-refractivity contribution in [2.45, 2.75) is 19.0 Å². The van der Waals surface area contributed by atoms with Gasteiger partial charge in [-0.2, -0.15) is 0 Å². The Morgan fingerprint density at radius 1 is 1.20 bits per heavy atom. The van der Waals surface area contributed by atoms with Gasteiger partial charge < -0.3 is 14.6 Å². The van der Waals surface area contributed by atoms with Gasteiger partial charge in [-0.25, -0.2) is 4.98 Å². The second-order valence-corrected chi connectivity index (χ2v) is 5.82. The molecule has 0 aliphatic heterocycles. The number of nitrogens with zero attached hydrogens (tertiary/aromatic N) is 2. The fourth-order valence-electron chi connectivity index (χ4n) is 2.74. The third kappa shape index (κ3) is 4.70. The molecule has 3 aromatic rings. The minimum Gasteiger partial charge on any atom is -0.497 e. The molecule has 1 heterocycles. The molecular weight excluding hydrogens is 314 g/mol. The second kappa shape index (κ2) is 8.15. The molecule has 3 rings (SSSR count). The van der Waals surface area contributed by atoms with E-state index >= 15 is 0 Å². The van der Waals surface area contributed by atoms with Crippen molar-refractivity contribution >= 4 is 5.91 Å². The summed E-state index contributed by atoms with van der Waals surface area (Å²) in [5, 5.41) is 3.13. The lowest BCUT2D eigenvalue weighted by atomic mass is 10.1. The van der Waals surface area contributed by atoms with Gasteiger partial charge in [0.15, 0.2) is 0 Å². The number of hydrogen-bond donors (Lipinski definition) is 1. The number of nitrogens with one attached hydrogen (secondary N) is 1. The summed E-state index contributed by atoms with van der Waals surface area (Å²) < 4.78 is 7.18. The van der Waals surface area contributed by atoms with Crippen molar-refractivity contribution < 1.29 is 9.53 Å². The van der Waals surface area contributed by atoms with Gasteiger partial charge in [0.2, 0.25) is 5.91 Å². The number of aromatic nitrogens is 2. The van der Waals surface area contributed by atoms with E-state index in [0.29, 0.717) is 13.0 Å². The van der Waals surface area contributed by atoms with Crippen LogP contribution in [0.1, 0.15) is 17.2 Å². The molecule has 0 fully saturated rings. The van der Waals surface area contributed by atoms with Crippen molar-refractivity contribution in [3.8, 4) is 5.75 Å². The van der Waals surface area contributed by atoms with E-state index in [9.17, 15) is 4.79 Å². The first-order valence-corrected chi connectivity index (χ1v) is 8.17. The molecule has 1 N–H and O–H groups in total. The molecule has 25 heavy (non-hydrogen) atoms. The zero-order valence-corrected chi connectivity index (χ0v) is 14.1. The number of benzene rings is 2. The van der Waals surface area contributed by atoms with Crippen molar-refractivity contribution in [1.82, 2.24) is 14.9 Å². The molecule has 5 nitrogen and oxygen atoms in total. The van der Waals surface area contributed by atoms with E-state index in [2.05, 4.69) is 10.3 Å². The largest absolute Gasteiger partial charge is 0.497 e. The van der Waals surface area contributed by atoms with E-state index in [1.54, 1.807) is 19.6 Å². The van der Waals surface area contributed by atoms with Crippen molar-refractivity contribution in [3.05, 3.63) is 84.4 Å². The van der Waals surface area contributed by atoms with Crippen molar-refractivity contribution in [2.24, 2.45) is 0 Å². The maximum atomic E-state index is 12.5. The third-order valence-electron chi connectivity index (χ3n) is 3.99. The Balaban J connectivity index is 1.71. The Hall–Kier alpha value is -3.08. The fraction of sp³-hybridized carbons (Fsp3) is 0.200. The first-order valence-electron chi connectivity index (χ1n) is 8.17. The fourth-order valence-corrected chi connectivity index (χ4v) is 2.74. The highest BCUT2D eigenvalue weighted by atomic mass is 16.5.